The Morgan fingerprint density at radius 1 is 1.08 bits per heavy atom. The molecule has 25 heavy (non-hydrogen) atoms. The first-order chi connectivity index (χ1) is 12.1. The average molecular weight is 340 g/mol. The third kappa shape index (κ3) is 3.74. The molecule has 0 spiro atoms. The third-order valence-corrected chi connectivity index (χ3v) is 4.31. The number of hydrogen-bond acceptors (Lipinski definition) is 3. The van der Waals surface area contributed by atoms with Crippen LogP contribution in [0.4, 0.5) is 0 Å². The summed E-state index contributed by atoms with van der Waals surface area (Å²) in [7, 11) is 3.95. The summed E-state index contributed by atoms with van der Waals surface area (Å²) < 4.78 is 3.69. The molecule has 0 aliphatic carbocycles. The molecule has 6 nitrogen and oxygen atoms in total. The predicted molar refractivity (Wildman–Crippen MR) is 100.0 cm³/mol. The van der Waals surface area contributed by atoms with E-state index in [9.17, 15) is 9.59 Å². The average Bonchev–Trinajstić information content (AvgIpc) is 3.07. The van der Waals surface area contributed by atoms with Crippen LogP contribution in [0.25, 0.3) is 16.6 Å². The number of para-hydroxylation sites is 2. The first-order valence-corrected chi connectivity index (χ1v) is 8.58. The van der Waals surface area contributed by atoms with Crippen molar-refractivity contribution in [3.05, 3.63) is 52.9 Å². The van der Waals surface area contributed by atoms with Gasteiger partial charge < -0.3 is 19.2 Å². The summed E-state index contributed by atoms with van der Waals surface area (Å²) in [5.74, 6) is 0.0305. The van der Waals surface area contributed by atoms with Crippen molar-refractivity contribution in [2.75, 3.05) is 27.2 Å². The minimum Gasteiger partial charge on any atom is -0.355 e. The maximum Gasteiger partial charge on any atom is 0.275 e. The van der Waals surface area contributed by atoms with Gasteiger partial charge in [0, 0.05) is 32.3 Å². The lowest BCUT2D eigenvalue weighted by Gasteiger charge is -2.13. The minimum absolute atomic E-state index is 0.0169. The van der Waals surface area contributed by atoms with Gasteiger partial charge in [-0.1, -0.05) is 12.1 Å². The minimum atomic E-state index is -0.0169. The summed E-state index contributed by atoms with van der Waals surface area (Å²) in [4.78, 5) is 26.7. The first kappa shape index (κ1) is 17.2. The van der Waals surface area contributed by atoms with E-state index in [0.717, 1.165) is 17.6 Å². The van der Waals surface area contributed by atoms with Gasteiger partial charge in [0.15, 0.2) is 0 Å². The van der Waals surface area contributed by atoms with Gasteiger partial charge in [-0.05, 0) is 44.8 Å². The Morgan fingerprint density at radius 3 is 2.56 bits per heavy atom. The predicted octanol–water partition coefficient (Wildman–Crippen LogP) is 1.71. The van der Waals surface area contributed by atoms with Crippen molar-refractivity contribution in [3.8, 4) is 0 Å². The zero-order valence-corrected chi connectivity index (χ0v) is 14.7. The Kier molecular flexibility index (Phi) is 5.19. The molecular formula is C19H24N4O2. The SMILES string of the molecule is CN(C)CCNC(=O)CCCn1c(=O)c2cccn2c2ccccc21. The molecule has 0 atom stereocenters. The molecule has 3 aromatic rings. The Labute approximate surface area is 146 Å². The Balaban J connectivity index is 1.74. The Morgan fingerprint density at radius 2 is 1.80 bits per heavy atom. The number of aromatic nitrogens is 2. The van der Waals surface area contributed by atoms with Crippen LogP contribution in [0.5, 0.6) is 0 Å². The molecule has 6 heteroatoms. The van der Waals surface area contributed by atoms with Crippen LogP contribution in [-0.2, 0) is 11.3 Å². The van der Waals surface area contributed by atoms with E-state index in [0.29, 0.717) is 31.4 Å². The molecule has 2 aromatic heterocycles. The van der Waals surface area contributed by atoms with Gasteiger partial charge in [-0.3, -0.25) is 9.59 Å². The fourth-order valence-corrected chi connectivity index (χ4v) is 3.04. The summed E-state index contributed by atoms with van der Waals surface area (Å²) >= 11 is 0. The summed E-state index contributed by atoms with van der Waals surface area (Å²) in [5, 5.41) is 2.91. The van der Waals surface area contributed by atoms with E-state index >= 15 is 0 Å². The molecule has 1 N–H and O–H groups in total. The Hall–Kier alpha value is -2.60. The number of nitrogens with zero attached hydrogens (tertiary/aromatic N) is 3. The second kappa shape index (κ2) is 7.53. The lowest BCUT2D eigenvalue weighted by Crippen LogP contribution is -2.31. The van der Waals surface area contributed by atoms with Gasteiger partial charge in [0.2, 0.25) is 5.91 Å². The van der Waals surface area contributed by atoms with Gasteiger partial charge >= 0.3 is 0 Å². The number of likely N-dealkylation sites (N-methyl/N-ethyl adjacent to an activating group) is 1. The van der Waals surface area contributed by atoms with Gasteiger partial charge in [0.1, 0.15) is 5.52 Å². The number of hydrogen-bond donors (Lipinski definition) is 1. The molecule has 1 aromatic carbocycles. The highest BCUT2D eigenvalue weighted by Crippen LogP contribution is 2.15. The summed E-state index contributed by atoms with van der Waals surface area (Å²) in [6.45, 7) is 1.99. The molecule has 2 heterocycles. The molecule has 0 unspecified atom stereocenters. The zero-order valence-electron chi connectivity index (χ0n) is 14.7. The van der Waals surface area contributed by atoms with Gasteiger partial charge in [-0.2, -0.15) is 0 Å². The summed E-state index contributed by atoms with van der Waals surface area (Å²) in [5.41, 5.74) is 2.53. The molecule has 0 fully saturated rings. The van der Waals surface area contributed by atoms with E-state index in [-0.39, 0.29) is 11.5 Å². The van der Waals surface area contributed by atoms with Crippen molar-refractivity contribution in [2.45, 2.75) is 19.4 Å². The third-order valence-electron chi connectivity index (χ3n) is 4.31. The largest absolute Gasteiger partial charge is 0.355 e. The quantitative estimate of drug-likeness (QED) is 0.712. The second-order valence-electron chi connectivity index (χ2n) is 6.47. The number of carbonyl (C=O) groups is 1. The van der Waals surface area contributed by atoms with Crippen LogP contribution in [0.15, 0.2) is 47.4 Å². The topological polar surface area (TPSA) is 58.8 Å². The van der Waals surface area contributed by atoms with Crippen molar-refractivity contribution < 1.29 is 4.79 Å². The molecule has 1 amide bonds. The van der Waals surface area contributed by atoms with E-state index in [1.165, 1.54) is 0 Å². The van der Waals surface area contributed by atoms with Crippen molar-refractivity contribution in [3.63, 3.8) is 0 Å². The van der Waals surface area contributed by atoms with Crippen LogP contribution >= 0.6 is 0 Å². The van der Waals surface area contributed by atoms with Crippen molar-refractivity contribution in [2.24, 2.45) is 0 Å². The highest BCUT2D eigenvalue weighted by Gasteiger charge is 2.10. The van der Waals surface area contributed by atoms with Gasteiger partial charge in [0.05, 0.1) is 11.0 Å². The normalized spacial score (nSPS) is 11.5. The molecule has 3 rings (SSSR count). The fourth-order valence-electron chi connectivity index (χ4n) is 3.04. The smallest absolute Gasteiger partial charge is 0.275 e. The lowest BCUT2D eigenvalue weighted by atomic mass is 10.2. The van der Waals surface area contributed by atoms with Crippen LogP contribution < -0.4 is 10.9 Å². The summed E-state index contributed by atoms with van der Waals surface area (Å²) in [6.07, 6.45) is 2.95. The monoisotopic (exact) mass is 340 g/mol. The number of fused-ring (bicyclic) bond motifs is 3. The number of rotatable bonds is 7. The molecular weight excluding hydrogens is 316 g/mol. The van der Waals surface area contributed by atoms with Gasteiger partial charge in [0.25, 0.3) is 5.56 Å². The van der Waals surface area contributed by atoms with Crippen LogP contribution in [-0.4, -0.2) is 47.0 Å². The molecule has 132 valence electrons. The molecule has 0 saturated carbocycles. The molecule has 0 aliphatic heterocycles. The van der Waals surface area contributed by atoms with E-state index in [4.69, 9.17) is 0 Å². The number of nitrogens with one attached hydrogen (secondary N) is 1. The van der Waals surface area contributed by atoms with Crippen molar-refractivity contribution in [1.29, 1.82) is 0 Å². The number of carbonyl (C=O) groups excluding carboxylic acids is 1. The van der Waals surface area contributed by atoms with Crippen molar-refractivity contribution in [1.82, 2.24) is 19.2 Å². The second-order valence-corrected chi connectivity index (χ2v) is 6.47. The lowest BCUT2D eigenvalue weighted by molar-refractivity contribution is -0.121. The maximum atomic E-state index is 12.8. The number of aryl methyl sites for hydroxylation is 1. The fraction of sp³-hybridized carbons (Fsp3) is 0.368. The van der Waals surface area contributed by atoms with E-state index in [1.54, 1.807) is 4.57 Å². The van der Waals surface area contributed by atoms with Crippen LogP contribution in [0.1, 0.15) is 12.8 Å². The number of amides is 1. The first-order valence-electron chi connectivity index (χ1n) is 8.58. The van der Waals surface area contributed by atoms with E-state index in [2.05, 4.69) is 5.32 Å². The highest BCUT2D eigenvalue weighted by molar-refractivity contribution is 5.79. The molecule has 0 bridgehead atoms. The van der Waals surface area contributed by atoms with Crippen molar-refractivity contribution >= 4 is 22.5 Å². The van der Waals surface area contributed by atoms with Crippen LogP contribution in [0.2, 0.25) is 0 Å². The zero-order chi connectivity index (χ0) is 17.8. The molecule has 0 saturated heterocycles. The molecule has 0 aliphatic rings. The van der Waals surface area contributed by atoms with Gasteiger partial charge in [-0.25, -0.2) is 0 Å². The highest BCUT2D eigenvalue weighted by atomic mass is 16.1. The van der Waals surface area contributed by atoms with E-state index in [1.807, 2.05) is 66.0 Å². The standard InChI is InChI=1S/C19H24N4O2/c1-21(2)14-11-20-18(24)10-6-13-23-16-8-4-3-7-15(16)22-12-5-9-17(22)19(23)25/h3-5,7-9,12H,6,10-11,13-14H2,1-2H3,(H,20,24). The van der Waals surface area contributed by atoms with Crippen LogP contribution in [0, 0.1) is 0 Å². The van der Waals surface area contributed by atoms with Gasteiger partial charge in [-0.15, -0.1) is 0 Å². The Bertz CT molecular complexity index is 939. The number of benzene rings is 1. The molecule has 0 radical (unpaired) electrons. The maximum absolute atomic E-state index is 12.8. The van der Waals surface area contributed by atoms with Crippen LogP contribution in [0.3, 0.4) is 0 Å². The summed E-state index contributed by atoms with van der Waals surface area (Å²) in [6, 6.07) is 11.6. The van der Waals surface area contributed by atoms with E-state index < -0.39 is 0 Å².